The summed E-state index contributed by atoms with van der Waals surface area (Å²) >= 11 is 5.91. The van der Waals surface area contributed by atoms with Crippen molar-refractivity contribution in [3.05, 3.63) is 58.5 Å². The molecule has 0 amide bonds. The van der Waals surface area contributed by atoms with Gasteiger partial charge in [-0.15, -0.1) is 0 Å². The molecule has 2 aromatic rings. The molecule has 1 unspecified atom stereocenters. The Labute approximate surface area is 119 Å². The van der Waals surface area contributed by atoms with E-state index in [0.717, 1.165) is 23.3 Å². The van der Waals surface area contributed by atoms with Crippen molar-refractivity contribution < 1.29 is 17.6 Å². The van der Waals surface area contributed by atoms with E-state index in [1.54, 1.807) is 13.1 Å². The average molecular weight is 304 g/mol. The highest BCUT2D eigenvalue weighted by molar-refractivity contribution is 6.29. The molecule has 0 aliphatic heterocycles. The largest absolute Gasteiger partial charge is 0.453 e. The average Bonchev–Trinajstić information content (AvgIpc) is 2.82. The van der Waals surface area contributed by atoms with Gasteiger partial charge >= 0.3 is 6.18 Å². The summed E-state index contributed by atoms with van der Waals surface area (Å²) in [5.74, 6) is 0. The van der Waals surface area contributed by atoms with E-state index in [2.05, 4.69) is 5.32 Å². The van der Waals surface area contributed by atoms with Crippen LogP contribution < -0.4 is 5.32 Å². The van der Waals surface area contributed by atoms with E-state index >= 15 is 0 Å². The monoisotopic (exact) mass is 303 g/mol. The van der Waals surface area contributed by atoms with E-state index in [4.69, 9.17) is 16.0 Å². The van der Waals surface area contributed by atoms with E-state index in [1.165, 1.54) is 18.4 Å². The zero-order chi connectivity index (χ0) is 14.8. The van der Waals surface area contributed by atoms with Crippen LogP contribution in [0, 0.1) is 0 Å². The molecule has 2 rings (SSSR count). The van der Waals surface area contributed by atoms with Crippen LogP contribution in [0.5, 0.6) is 0 Å². The number of hydrogen-bond donors (Lipinski definition) is 1. The van der Waals surface area contributed by atoms with Crippen LogP contribution in [0.1, 0.15) is 22.7 Å². The number of hydrogen-bond acceptors (Lipinski definition) is 2. The summed E-state index contributed by atoms with van der Waals surface area (Å²) in [6.07, 6.45) is -2.31. The Hall–Kier alpha value is -1.46. The summed E-state index contributed by atoms with van der Waals surface area (Å²) < 4.78 is 42.5. The summed E-state index contributed by atoms with van der Waals surface area (Å²) in [5, 5.41) is 3.36. The molecular formula is C14H13ClF3NO. The second kappa shape index (κ2) is 5.89. The SMILES string of the molecule is CNC(Cc1ccc(C(F)(F)F)cc1)c1ccoc1Cl. The molecule has 0 spiro atoms. The van der Waals surface area contributed by atoms with Crippen molar-refractivity contribution in [1.82, 2.24) is 5.32 Å². The van der Waals surface area contributed by atoms with Crippen molar-refractivity contribution in [3.63, 3.8) is 0 Å². The standard InChI is InChI=1S/C14H13ClF3NO/c1-19-12(11-6-7-20-13(11)15)8-9-2-4-10(5-3-9)14(16,17)18/h2-7,12,19H,8H2,1H3. The van der Waals surface area contributed by atoms with E-state index in [1.807, 2.05) is 0 Å². The smallest absolute Gasteiger partial charge is 0.416 e. The van der Waals surface area contributed by atoms with Gasteiger partial charge in [0.2, 0.25) is 0 Å². The quantitative estimate of drug-likeness (QED) is 0.902. The highest BCUT2D eigenvalue weighted by Gasteiger charge is 2.30. The van der Waals surface area contributed by atoms with E-state index in [-0.39, 0.29) is 11.3 Å². The third-order valence-electron chi connectivity index (χ3n) is 3.09. The lowest BCUT2D eigenvalue weighted by Crippen LogP contribution is -2.18. The Balaban J connectivity index is 2.15. The maximum Gasteiger partial charge on any atom is 0.416 e. The minimum absolute atomic E-state index is 0.113. The first kappa shape index (κ1) is 14.9. The summed E-state index contributed by atoms with van der Waals surface area (Å²) in [4.78, 5) is 0. The van der Waals surface area contributed by atoms with E-state index in [0.29, 0.717) is 6.42 Å². The van der Waals surface area contributed by atoms with Gasteiger partial charge in [-0.3, -0.25) is 0 Å². The molecule has 0 fully saturated rings. The lowest BCUT2D eigenvalue weighted by Gasteiger charge is -2.15. The van der Waals surface area contributed by atoms with E-state index < -0.39 is 11.7 Å². The van der Waals surface area contributed by atoms with Crippen molar-refractivity contribution in [2.75, 3.05) is 7.05 Å². The normalized spacial score (nSPS) is 13.4. The fourth-order valence-corrected chi connectivity index (χ4v) is 2.23. The molecule has 0 saturated heterocycles. The molecule has 1 aromatic heterocycles. The first-order valence-corrected chi connectivity index (χ1v) is 6.36. The second-order valence-corrected chi connectivity index (χ2v) is 4.73. The van der Waals surface area contributed by atoms with Crippen molar-refractivity contribution in [3.8, 4) is 0 Å². The Kier molecular flexibility index (Phi) is 4.40. The van der Waals surface area contributed by atoms with Gasteiger partial charge in [-0.1, -0.05) is 12.1 Å². The Bertz CT molecular complexity index is 563. The number of nitrogens with one attached hydrogen (secondary N) is 1. The van der Waals surface area contributed by atoms with Crippen molar-refractivity contribution >= 4 is 11.6 Å². The maximum absolute atomic E-state index is 12.5. The number of likely N-dealkylation sites (N-methyl/N-ethyl adjacent to an activating group) is 1. The summed E-state index contributed by atoms with van der Waals surface area (Å²) in [6, 6.07) is 6.74. The molecule has 0 saturated carbocycles. The Morgan fingerprint density at radius 2 is 1.85 bits per heavy atom. The first-order chi connectivity index (χ1) is 9.41. The fraction of sp³-hybridized carbons (Fsp3) is 0.286. The van der Waals surface area contributed by atoms with Crippen LogP contribution in [0.15, 0.2) is 41.0 Å². The van der Waals surface area contributed by atoms with Crippen LogP contribution in [-0.2, 0) is 12.6 Å². The predicted molar refractivity (Wildman–Crippen MR) is 70.7 cm³/mol. The zero-order valence-corrected chi connectivity index (χ0v) is 11.4. The lowest BCUT2D eigenvalue weighted by atomic mass is 10.00. The molecule has 0 aliphatic rings. The number of rotatable bonds is 4. The zero-order valence-electron chi connectivity index (χ0n) is 10.7. The highest BCUT2D eigenvalue weighted by atomic mass is 35.5. The van der Waals surface area contributed by atoms with Gasteiger partial charge < -0.3 is 9.73 Å². The maximum atomic E-state index is 12.5. The van der Waals surface area contributed by atoms with Gasteiger partial charge in [0.25, 0.3) is 0 Å². The molecule has 108 valence electrons. The van der Waals surface area contributed by atoms with Crippen molar-refractivity contribution in [2.45, 2.75) is 18.6 Å². The minimum atomic E-state index is -4.31. The Morgan fingerprint density at radius 1 is 1.20 bits per heavy atom. The molecule has 1 aromatic carbocycles. The highest BCUT2D eigenvalue weighted by Crippen LogP contribution is 2.30. The molecule has 20 heavy (non-hydrogen) atoms. The lowest BCUT2D eigenvalue weighted by molar-refractivity contribution is -0.137. The second-order valence-electron chi connectivity index (χ2n) is 4.39. The number of alkyl halides is 3. The summed E-state index contributed by atoms with van der Waals surface area (Å²) in [6.45, 7) is 0. The van der Waals surface area contributed by atoms with Gasteiger partial charge in [0, 0.05) is 11.6 Å². The van der Waals surface area contributed by atoms with Crippen molar-refractivity contribution in [1.29, 1.82) is 0 Å². The molecule has 0 bridgehead atoms. The molecule has 2 nitrogen and oxygen atoms in total. The topological polar surface area (TPSA) is 25.2 Å². The number of furan rings is 1. The van der Waals surface area contributed by atoms with Crippen LogP contribution in [0.25, 0.3) is 0 Å². The molecule has 1 N–H and O–H groups in total. The first-order valence-electron chi connectivity index (χ1n) is 5.98. The van der Waals surface area contributed by atoms with Gasteiger partial charge in [0.05, 0.1) is 11.8 Å². The van der Waals surface area contributed by atoms with Gasteiger partial charge in [0.15, 0.2) is 5.22 Å². The molecular weight excluding hydrogens is 291 g/mol. The fourth-order valence-electron chi connectivity index (χ4n) is 1.99. The third kappa shape index (κ3) is 3.35. The number of benzene rings is 1. The van der Waals surface area contributed by atoms with Gasteiger partial charge in [0.1, 0.15) is 0 Å². The van der Waals surface area contributed by atoms with E-state index in [9.17, 15) is 13.2 Å². The van der Waals surface area contributed by atoms with Crippen LogP contribution in [0.3, 0.4) is 0 Å². The van der Waals surface area contributed by atoms with Crippen LogP contribution in [0.2, 0.25) is 5.22 Å². The van der Waals surface area contributed by atoms with Crippen LogP contribution in [0.4, 0.5) is 13.2 Å². The van der Waals surface area contributed by atoms with Gasteiger partial charge in [-0.05, 0) is 48.8 Å². The number of halogens is 4. The molecule has 0 aliphatic carbocycles. The van der Waals surface area contributed by atoms with Crippen LogP contribution >= 0.6 is 11.6 Å². The molecule has 1 heterocycles. The van der Waals surface area contributed by atoms with Gasteiger partial charge in [-0.2, -0.15) is 13.2 Å². The molecule has 1 atom stereocenters. The van der Waals surface area contributed by atoms with Crippen molar-refractivity contribution in [2.24, 2.45) is 0 Å². The predicted octanol–water partition coefficient (Wildman–Crippen LogP) is 4.46. The minimum Gasteiger partial charge on any atom is -0.453 e. The Morgan fingerprint density at radius 3 is 2.30 bits per heavy atom. The van der Waals surface area contributed by atoms with Crippen LogP contribution in [-0.4, -0.2) is 7.05 Å². The summed E-state index contributed by atoms with van der Waals surface area (Å²) in [7, 11) is 1.76. The summed E-state index contributed by atoms with van der Waals surface area (Å²) in [5.41, 5.74) is 0.923. The molecule has 0 radical (unpaired) electrons. The molecule has 6 heteroatoms. The van der Waals surface area contributed by atoms with Gasteiger partial charge in [-0.25, -0.2) is 0 Å². The third-order valence-corrected chi connectivity index (χ3v) is 3.40.